The summed E-state index contributed by atoms with van der Waals surface area (Å²) in [6.45, 7) is 1.91. The first-order valence-electron chi connectivity index (χ1n) is 6.35. The topological polar surface area (TPSA) is 97.0 Å². The van der Waals surface area contributed by atoms with Gasteiger partial charge in [0.25, 0.3) is 10.0 Å². The van der Waals surface area contributed by atoms with Crippen LogP contribution in [0.25, 0.3) is 0 Å². The number of furan rings is 1. The average Bonchev–Trinajstić information content (AvgIpc) is 3.05. The smallest absolute Gasteiger partial charge is 0.329 e. The van der Waals surface area contributed by atoms with Crippen LogP contribution < -0.4 is 0 Å². The lowest BCUT2D eigenvalue weighted by atomic mass is 10.3. The summed E-state index contributed by atoms with van der Waals surface area (Å²) in [5, 5.41) is 8.46. The minimum Gasteiger partial charge on any atom is -0.480 e. The highest BCUT2D eigenvalue weighted by Gasteiger charge is 2.35. The van der Waals surface area contributed by atoms with E-state index < -0.39 is 22.6 Å². The molecule has 0 aliphatic carbocycles. The van der Waals surface area contributed by atoms with Gasteiger partial charge < -0.3 is 14.3 Å². The van der Waals surface area contributed by atoms with Crippen LogP contribution in [0.5, 0.6) is 0 Å². The summed E-state index contributed by atoms with van der Waals surface area (Å²) < 4.78 is 36.3. The van der Waals surface area contributed by atoms with Crippen molar-refractivity contribution in [2.45, 2.75) is 31.0 Å². The molecule has 1 saturated heterocycles. The molecule has 7 nitrogen and oxygen atoms in total. The van der Waals surface area contributed by atoms with Crippen molar-refractivity contribution in [2.24, 2.45) is 0 Å². The van der Waals surface area contributed by atoms with E-state index in [1.54, 1.807) is 6.07 Å². The normalized spacial score (nSPS) is 20.4. The minimum absolute atomic E-state index is 0.0757. The van der Waals surface area contributed by atoms with Crippen LogP contribution in [-0.4, -0.2) is 49.6 Å². The fourth-order valence-corrected chi connectivity index (χ4v) is 3.47. The zero-order valence-corrected chi connectivity index (χ0v) is 11.9. The summed E-state index contributed by atoms with van der Waals surface area (Å²) in [4.78, 5) is 10.4. The number of hydrogen-bond acceptors (Lipinski definition) is 5. The average molecular weight is 303 g/mol. The van der Waals surface area contributed by atoms with Gasteiger partial charge in [0.1, 0.15) is 12.4 Å². The molecule has 2 rings (SSSR count). The van der Waals surface area contributed by atoms with Gasteiger partial charge in [-0.1, -0.05) is 6.92 Å². The molecule has 1 N–H and O–H groups in total. The Kier molecular flexibility index (Phi) is 4.46. The van der Waals surface area contributed by atoms with E-state index in [0.29, 0.717) is 25.1 Å². The monoisotopic (exact) mass is 303 g/mol. The van der Waals surface area contributed by atoms with Gasteiger partial charge in [-0.3, -0.25) is 0 Å². The number of carboxylic acids is 1. The Morgan fingerprint density at radius 2 is 2.30 bits per heavy atom. The number of hydrogen-bond donors (Lipinski definition) is 1. The molecule has 0 unspecified atom stereocenters. The third-order valence-electron chi connectivity index (χ3n) is 3.13. The van der Waals surface area contributed by atoms with Gasteiger partial charge >= 0.3 is 5.97 Å². The maximum atomic E-state index is 12.3. The summed E-state index contributed by atoms with van der Waals surface area (Å²) in [5.41, 5.74) is 0. The molecule has 0 radical (unpaired) electrons. The maximum absolute atomic E-state index is 12.3. The highest BCUT2D eigenvalue weighted by atomic mass is 32.2. The highest BCUT2D eigenvalue weighted by Crippen LogP contribution is 2.24. The van der Waals surface area contributed by atoms with Gasteiger partial charge in [-0.05, 0) is 18.6 Å². The molecule has 1 aliphatic rings. The van der Waals surface area contributed by atoms with Crippen LogP contribution in [-0.2, 0) is 26.0 Å². The van der Waals surface area contributed by atoms with Gasteiger partial charge in [0.15, 0.2) is 0 Å². The zero-order chi connectivity index (χ0) is 14.8. The van der Waals surface area contributed by atoms with Crippen LogP contribution in [0.1, 0.15) is 19.1 Å². The van der Waals surface area contributed by atoms with Crippen molar-refractivity contribution >= 4 is 16.0 Å². The molecule has 0 spiro atoms. The molecule has 0 saturated carbocycles. The van der Waals surface area contributed by atoms with Crippen molar-refractivity contribution in [1.82, 2.24) is 4.31 Å². The Morgan fingerprint density at radius 1 is 1.55 bits per heavy atom. The maximum Gasteiger partial charge on any atom is 0.329 e. The Bertz CT molecular complexity index is 579. The van der Waals surface area contributed by atoms with Crippen LogP contribution in [0, 0.1) is 0 Å². The fourth-order valence-electron chi connectivity index (χ4n) is 2.06. The number of carboxylic acid groups (broad SMARTS) is 1. The summed E-state index contributed by atoms with van der Waals surface area (Å²) in [7, 11) is -3.66. The molecule has 1 fully saturated rings. The third kappa shape index (κ3) is 3.20. The number of ether oxygens (including phenoxy) is 1. The number of carbonyl (C=O) groups is 1. The molecule has 1 aromatic heterocycles. The predicted molar refractivity (Wildman–Crippen MR) is 68.8 cm³/mol. The fraction of sp³-hybridized carbons (Fsp3) is 0.583. The second kappa shape index (κ2) is 5.94. The van der Waals surface area contributed by atoms with Crippen LogP contribution in [0.4, 0.5) is 0 Å². The van der Waals surface area contributed by atoms with Crippen LogP contribution in [0.3, 0.4) is 0 Å². The number of aryl methyl sites for hydroxylation is 1. The lowest BCUT2D eigenvalue weighted by Gasteiger charge is -2.14. The molecule has 8 heteroatoms. The van der Waals surface area contributed by atoms with E-state index in [2.05, 4.69) is 0 Å². The summed E-state index contributed by atoms with van der Waals surface area (Å²) in [6.07, 6.45) is 0.717. The van der Waals surface area contributed by atoms with Crippen molar-refractivity contribution in [3.8, 4) is 0 Å². The van der Waals surface area contributed by atoms with Gasteiger partial charge in [0.05, 0.1) is 6.10 Å². The van der Waals surface area contributed by atoms with E-state index in [9.17, 15) is 13.2 Å². The van der Waals surface area contributed by atoms with Gasteiger partial charge in [-0.15, -0.1) is 0 Å². The predicted octanol–water partition coefficient (Wildman–Crippen LogP) is 0.706. The van der Waals surface area contributed by atoms with E-state index in [-0.39, 0.29) is 17.7 Å². The van der Waals surface area contributed by atoms with Crippen molar-refractivity contribution in [1.29, 1.82) is 0 Å². The zero-order valence-electron chi connectivity index (χ0n) is 11.1. The van der Waals surface area contributed by atoms with Crippen molar-refractivity contribution in [2.75, 3.05) is 19.7 Å². The molecule has 0 amide bonds. The molecular formula is C12H17NO6S. The van der Waals surface area contributed by atoms with Crippen LogP contribution in [0.15, 0.2) is 21.6 Å². The molecule has 112 valence electrons. The second-order valence-corrected chi connectivity index (χ2v) is 6.42. The van der Waals surface area contributed by atoms with Gasteiger partial charge in [0.2, 0.25) is 5.09 Å². The number of nitrogens with zero attached hydrogens (tertiary/aromatic N) is 1. The third-order valence-corrected chi connectivity index (χ3v) is 4.87. The van der Waals surface area contributed by atoms with Gasteiger partial charge in [0, 0.05) is 19.5 Å². The largest absolute Gasteiger partial charge is 0.480 e. The van der Waals surface area contributed by atoms with Crippen molar-refractivity contribution in [3.05, 3.63) is 17.9 Å². The minimum atomic E-state index is -3.66. The second-order valence-electron chi connectivity index (χ2n) is 4.55. The van der Waals surface area contributed by atoms with E-state index in [0.717, 1.165) is 0 Å². The molecule has 0 bridgehead atoms. The quantitative estimate of drug-likeness (QED) is 0.831. The van der Waals surface area contributed by atoms with E-state index in [1.807, 2.05) is 6.92 Å². The number of sulfonamides is 1. The van der Waals surface area contributed by atoms with Crippen LogP contribution in [0.2, 0.25) is 0 Å². The Labute approximate surface area is 117 Å². The molecule has 1 aliphatic heterocycles. The first-order valence-corrected chi connectivity index (χ1v) is 7.79. The van der Waals surface area contributed by atoms with E-state index >= 15 is 0 Å². The van der Waals surface area contributed by atoms with Gasteiger partial charge in [-0.25, -0.2) is 13.2 Å². The van der Waals surface area contributed by atoms with Crippen molar-refractivity contribution < 1.29 is 27.5 Å². The molecule has 20 heavy (non-hydrogen) atoms. The molecular weight excluding hydrogens is 286 g/mol. The summed E-state index contributed by atoms with van der Waals surface area (Å²) in [6, 6.07) is 3.08. The molecule has 1 atom stereocenters. The highest BCUT2D eigenvalue weighted by molar-refractivity contribution is 7.89. The van der Waals surface area contributed by atoms with Crippen LogP contribution >= 0.6 is 0 Å². The first-order chi connectivity index (χ1) is 9.43. The Morgan fingerprint density at radius 3 is 2.90 bits per heavy atom. The SMILES string of the molecule is CCc1ccc(S(=O)(=O)N2CC[C@H](OCC(=O)O)C2)o1. The van der Waals surface area contributed by atoms with Crippen molar-refractivity contribution in [3.63, 3.8) is 0 Å². The lowest BCUT2D eigenvalue weighted by molar-refractivity contribution is -0.144. The number of rotatable bonds is 6. The Balaban J connectivity index is 2.02. The molecule has 0 aromatic carbocycles. The lowest BCUT2D eigenvalue weighted by Crippen LogP contribution is -2.30. The number of aliphatic carboxylic acids is 1. The van der Waals surface area contributed by atoms with E-state index in [4.69, 9.17) is 14.3 Å². The summed E-state index contributed by atoms with van der Waals surface area (Å²) >= 11 is 0. The van der Waals surface area contributed by atoms with Gasteiger partial charge in [-0.2, -0.15) is 4.31 Å². The first kappa shape index (κ1) is 15.0. The summed E-state index contributed by atoms with van der Waals surface area (Å²) in [5.74, 6) is -0.452. The Hall–Kier alpha value is -1.38. The molecule has 2 heterocycles. The molecule has 1 aromatic rings. The standard InChI is InChI=1S/C12H17NO6S/c1-2-9-3-4-12(19-9)20(16,17)13-6-5-10(7-13)18-8-11(14)15/h3-4,10H,2,5-8H2,1H3,(H,14,15)/t10-/m0/s1. The van der Waals surface area contributed by atoms with E-state index in [1.165, 1.54) is 10.4 Å².